The van der Waals surface area contributed by atoms with Crippen LogP contribution in [0.3, 0.4) is 0 Å². The first kappa shape index (κ1) is 21.5. The van der Waals surface area contributed by atoms with Gasteiger partial charge < -0.3 is 19.5 Å². The molecule has 31 heavy (non-hydrogen) atoms. The zero-order valence-corrected chi connectivity index (χ0v) is 17.1. The molecule has 8 nitrogen and oxygen atoms in total. The quantitative estimate of drug-likeness (QED) is 0.413. The zero-order chi connectivity index (χ0) is 22.1. The smallest absolute Gasteiger partial charge is 0.342 e. The summed E-state index contributed by atoms with van der Waals surface area (Å²) in [5, 5.41) is 10.9. The molecule has 0 fully saturated rings. The van der Waals surface area contributed by atoms with Crippen molar-refractivity contribution in [2.24, 2.45) is 10.2 Å². The van der Waals surface area contributed by atoms with Crippen molar-refractivity contribution in [2.75, 3.05) is 26.1 Å². The number of rotatable bonds is 8. The maximum absolute atomic E-state index is 12.3. The predicted molar refractivity (Wildman–Crippen MR) is 116 cm³/mol. The minimum absolute atomic E-state index is 0.169. The third kappa shape index (κ3) is 6.14. The number of benzene rings is 3. The highest BCUT2D eigenvalue weighted by Crippen LogP contribution is 2.25. The highest BCUT2D eigenvalue weighted by atomic mass is 16.5. The molecule has 0 spiro atoms. The van der Waals surface area contributed by atoms with Crippen molar-refractivity contribution in [3.8, 4) is 11.5 Å². The SMILES string of the molecule is COc1ccc(OC)c(C(=O)OCC(=O)Nc2ccc(N=Nc3ccccc3)cc2)c1. The summed E-state index contributed by atoms with van der Waals surface area (Å²) in [5.74, 6) is -0.371. The minimum Gasteiger partial charge on any atom is -0.497 e. The molecule has 0 bridgehead atoms. The fraction of sp³-hybridized carbons (Fsp3) is 0.130. The van der Waals surface area contributed by atoms with E-state index in [9.17, 15) is 9.59 Å². The monoisotopic (exact) mass is 419 g/mol. The van der Waals surface area contributed by atoms with Gasteiger partial charge in [0.1, 0.15) is 17.1 Å². The van der Waals surface area contributed by atoms with E-state index in [0.717, 1.165) is 5.69 Å². The van der Waals surface area contributed by atoms with Gasteiger partial charge in [-0.3, -0.25) is 4.79 Å². The van der Waals surface area contributed by atoms with Crippen LogP contribution in [0.25, 0.3) is 0 Å². The van der Waals surface area contributed by atoms with E-state index in [1.807, 2.05) is 30.3 Å². The van der Waals surface area contributed by atoms with Crippen molar-refractivity contribution in [1.82, 2.24) is 0 Å². The lowest BCUT2D eigenvalue weighted by Gasteiger charge is -2.10. The first-order valence-corrected chi connectivity index (χ1v) is 9.35. The third-order valence-corrected chi connectivity index (χ3v) is 4.15. The summed E-state index contributed by atoms with van der Waals surface area (Å²) in [7, 11) is 2.92. The number of anilines is 1. The summed E-state index contributed by atoms with van der Waals surface area (Å²) in [6.07, 6.45) is 0. The molecule has 0 unspecified atom stereocenters. The second kappa shape index (κ2) is 10.5. The van der Waals surface area contributed by atoms with E-state index in [4.69, 9.17) is 14.2 Å². The number of carbonyl (C=O) groups is 2. The summed E-state index contributed by atoms with van der Waals surface area (Å²) in [5.41, 5.74) is 2.09. The van der Waals surface area contributed by atoms with E-state index >= 15 is 0 Å². The molecule has 158 valence electrons. The zero-order valence-electron chi connectivity index (χ0n) is 17.1. The molecule has 0 aromatic heterocycles. The summed E-state index contributed by atoms with van der Waals surface area (Å²) in [4.78, 5) is 24.5. The highest BCUT2D eigenvalue weighted by Gasteiger charge is 2.16. The number of nitrogens with one attached hydrogen (secondary N) is 1. The summed E-state index contributed by atoms with van der Waals surface area (Å²) in [6.45, 7) is -0.450. The van der Waals surface area contributed by atoms with Gasteiger partial charge >= 0.3 is 5.97 Å². The molecule has 1 amide bonds. The molecule has 8 heteroatoms. The van der Waals surface area contributed by atoms with Gasteiger partial charge in [-0.2, -0.15) is 10.2 Å². The number of nitrogens with zero attached hydrogens (tertiary/aromatic N) is 2. The lowest BCUT2D eigenvalue weighted by Crippen LogP contribution is -2.21. The van der Waals surface area contributed by atoms with Crippen LogP contribution < -0.4 is 14.8 Å². The Kier molecular flexibility index (Phi) is 7.31. The van der Waals surface area contributed by atoms with E-state index in [2.05, 4.69) is 15.5 Å². The van der Waals surface area contributed by atoms with E-state index in [1.54, 1.807) is 36.4 Å². The van der Waals surface area contributed by atoms with Gasteiger partial charge in [-0.05, 0) is 54.6 Å². The van der Waals surface area contributed by atoms with Gasteiger partial charge in [-0.1, -0.05) is 18.2 Å². The lowest BCUT2D eigenvalue weighted by molar-refractivity contribution is -0.119. The van der Waals surface area contributed by atoms with Crippen LogP contribution in [0.15, 0.2) is 83.0 Å². The molecule has 0 aliphatic heterocycles. The fourth-order valence-corrected chi connectivity index (χ4v) is 2.60. The second-order valence-corrected chi connectivity index (χ2v) is 6.27. The van der Waals surface area contributed by atoms with Gasteiger partial charge in [-0.15, -0.1) is 0 Å². The molecule has 0 aliphatic carbocycles. The van der Waals surface area contributed by atoms with Gasteiger partial charge in [0.2, 0.25) is 0 Å². The number of ether oxygens (including phenoxy) is 3. The largest absolute Gasteiger partial charge is 0.497 e. The van der Waals surface area contributed by atoms with Crippen LogP contribution in [-0.2, 0) is 9.53 Å². The topological polar surface area (TPSA) is 98.6 Å². The van der Waals surface area contributed by atoms with E-state index < -0.39 is 18.5 Å². The molecule has 0 saturated carbocycles. The van der Waals surface area contributed by atoms with Crippen LogP contribution >= 0.6 is 0 Å². The molecular formula is C23H21N3O5. The van der Waals surface area contributed by atoms with Crippen molar-refractivity contribution < 1.29 is 23.8 Å². The van der Waals surface area contributed by atoms with Gasteiger partial charge in [0.25, 0.3) is 5.91 Å². The Morgan fingerprint density at radius 3 is 2.16 bits per heavy atom. The molecule has 3 aromatic carbocycles. The summed E-state index contributed by atoms with van der Waals surface area (Å²) >= 11 is 0. The Labute approximate surface area is 179 Å². The maximum Gasteiger partial charge on any atom is 0.342 e. The van der Waals surface area contributed by atoms with E-state index in [0.29, 0.717) is 22.9 Å². The van der Waals surface area contributed by atoms with Crippen molar-refractivity contribution in [3.05, 3.63) is 78.4 Å². The molecule has 3 rings (SSSR count). The first-order chi connectivity index (χ1) is 15.1. The molecule has 1 N–H and O–H groups in total. The Balaban J connectivity index is 1.54. The van der Waals surface area contributed by atoms with Gasteiger partial charge in [0.15, 0.2) is 6.61 Å². The molecule has 0 saturated heterocycles. The van der Waals surface area contributed by atoms with Crippen molar-refractivity contribution in [2.45, 2.75) is 0 Å². The molecular weight excluding hydrogens is 398 g/mol. The normalized spacial score (nSPS) is 10.5. The highest BCUT2D eigenvalue weighted by molar-refractivity contribution is 5.97. The Hall–Kier alpha value is -4.20. The summed E-state index contributed by atoms with van der Waals surface area (Å²) < 4.78 is 15.4. The lowest BCUT2D eigenvalue weighted by atomic mass is 10.2. The van der Waals surface area contributed by atoms with Crippen LogP contribution in [0.1, 0.15) is 10.4 Å². The van der Waals surface area contributed by atoms with Gasteiger partial charge in [0.05, 0.1) is 25.6 Å². The fourth-order valence-electron chi connectivity index (χ4n) is 2.60. The number of hydrogen-bond acceptors (Lipinski definition) is 7. The number of amides is 1. The number of hydrogen-bond donors (Lipinski definition) is 1. The number of esters is 1. The third-order valence-electron chi connectivity index (χ3n) is 4.15. The number of methoxy groups -OCH3 is 2. The predicted octanol–water partition coefficient (Wildman–Crippen LogP) is 4.91. The van der Waals surface area contributed by atoms with Gasteiger partial charge in [0, 0.05) is 5.69 Å². The standard InChI is InChI=1S/C23H21N3O5/c1-29-19-12-13-21(30-2)20(14-19)23(28)31-15-22(27)24-16-8-10-18(11-9-16)26-25-17-6-4-3-5-7-17/h3-14H,15H2,1-2H3,(H,24,27). The van der Waals surface area contributed by atoms with Crippen LogP contribution in [0.5, 0.6) is 11.5 Å². The van der Waals surface area contributed by atoms with E-state index in [1.165, 1.54) is 20.3 Å². The van der Waals surface area contributed by atoms with Crippen molar-refractivity contribution in [3.63, 3.8) is 0 Å². The average molecular weight is 419 g/mol. The molecule has 0 radical (unpaired) electrons. The van der Waals surface area contributed by atoms with Crippen LogP contribution in [-0.4, -0.2) is 32.7 Å². The summed E-state index contributed by atoms with van der Waals surface area (Å²) in [6, 6.07) is 20.9. The Morgan fingerprint density at radius 1 is 0.839 bits per heavy atom. The van der Waals surface area contributed by atoms with Crippen molar-refractivity contribution in [1.29, 1.82) is 0 Å². The number of azo groups is 1. The maximum atomic E-state index is 12.3. The van der Waals surface area contributed by atoms with Crippen LogP contribution in [0.2, 0.25) is 0 Å². The Morgan fingerprint density at radius 2 is 1.52 bits per heavy atom. The average Bonchev–Trinajstić information content (AvgIpc) is 2.82. The minimum atomic E-state index is -0.692. The molecule has 0 atom stereocenters. The number of carbonyl (C=O) groups excluding carboxylic acids is 2. The van der Waals surface area contributed by atoms with Crippen molar-refractivity contribution >= 4 is 28.9 Å². The first-order valence-electron chi connectivity index (χ1n) is 9.35. The van der Waals surface area contributed by atoms with E-state index in [-0.39, 0.29) is 5.56 Å². The molecule has 3 aromatic rings. The second-order valence-electron chi connectivity index (χ2n) is 6.27. The van der Waals surface area contributed by atoms with Gasteiger partial charge in [-0.25, -0.2) is 4.79 Å². The molecule has 0 aliphatic rings. The van der Waals surface area contributed by atoms with Crippen LogP contribution in [0, 0.1) is 0 Å². The Bertz CT molecular complexity index is 1070. The molecule has 0 heterocycles. The van der Waals surface area contributed by atoms with Crippen LogP contribution in [0.4, 0.5) is 17.1 Å².